The second-order valence-corrected chi connectivity index (χ2v) is 5.40. The van der Waals surface area contributed by atoms with Gasteiger partial charge in [0, 0.05) is 39.4 Å². The van der Waals surface area contributed by atoms with Crippen LogP contribution in [0.5, 0.6) is 0 Å². The Morgan fingerprint density at radius 3 is 2.67 bits per heavy atom. The Bertz CT molecular complexity index is 351. The molecule has 0 spiro atoms. The van der Waals surface area contributed by atoms with E-state index in [-0.39, 0.29) is 6.03 Å². The number of likely N-dealkylation sites (N-methyl/N-ethyl adjacent to an activating group) is 1. The lowest BCUT2D eigenvalue weighted by Crippen LogP contribution is -2.57. The van der Waals surface area contributed by atoms with Gasteiger partial charge >= 0.3 is 12.0 Å². The van der Waals surface area contributed by atoms with Crippen molar-refractivity contribution in [2.45, 2.75) is 38.8 Å². The lowest BCUT2D eigenvalue weighted by atomic mass is 10.1. The van der Waals surface area contributed by atoms with Gasteiger partial charge in [-0.15, -0.1) is 0 Å². The van der Waals surface area contributed by atoms with E-state index in [1.165, 1.54) is 0 Å². The third-order valence-corrected chi connectivity index (χ3v) is 3.90. The van der Waals surface area contributed by atoms with Crippen LogP contribution in [-0.2, 0) is 9.53 Å². The number of carbonyl (C=O) groups excluding carboxylic acids is 1. The summed E-state index contributed by atoms with van der Waals surface area (Å²) in [5.74, 6) is -1.00. The molecule has 1 fully saturated rings. The number of aliphatic carboxylic acids is 1. The van der Waals surface area contributed by atoms with E-state index < -0.39 is 12.0 Å². The van der Waals surface area contributed by atoms with Gasteiger partial charge in [0.2, 0.25) is 0 Å². The van der Waals surface area contributed by atoms with Crippen molar-refractivity contribution in [2.75, 3.05) is 39.9 Å². The molecule has 2 amide bonds. The Morgan fingerprint density at radius 1 is 1.43 bits per heavy atom. The predicted molar refractivity (Wildman–Crippen MR) is 79.3 cm³/mol. The van der Waals surface area contributed by atoms with E-state index >= 15 is 0 Å². The molecule has 2 atom stereocenters. The van der Waals surface area contributed by atoms with Crippen LogP contribution in [-0.4, -0.2) is 78.9 Å². The second-order valence-electron chi connectivity index (χ2n) is 5.40. The van der Waals surface area contributed by atoms with Gasteiger partial charge in [0.25, 0.3) is 0 Å². The quantitative estimate of drug-likeness (QED) is 0.673. The monoisotopic (exact) mass is 301 g/mol. The van der Waals surface area contributed by atoms with Gasteiger partial charge in [0.05, 0.1) is 0 Å². The number of amides is 2. The van der Waals surface area contributed by atoms with Gasteiger partial charge in [-0.2, -0.15) is 0 Å². The maximum atomic E-state index is 12.2. The normalized spacial score (nSPS) is 21.1. The van der Waals surface area contributed by atoms with Crippen LogP contribution in [0.15, 0.2) is 0 Å². The SMILES string of the molecule is CCN1CCN(C(=O)NC(CCCOC)C(=O)O)CC1C. The number of methoxy groups -OCH3 is 1. The highest BCUT2D eigenvalue weighted by Crippen LogP contribution is 2.09. The molecular weight excluding hydrogens is 274 g/mol. The minimum absolute atomic E-state index is 0.289. The molecule has 2 N–H and O–H groups in total. The first-order valence-corrected chi connectivity index (χ1v) is 7.50. The summed E-state index contributed by atoms with van der Waals surface area (Å²) in [5.41, 5.74) is 0. The molecule has 1 rings (SSSR count). The summed E-state index contributed by atoms with van der Waals surface area (Å²) >= 11 is 0. The van der Waals surface area contributed by atoms with Crippen molar-refractivity contribution in [3.05, 3.63) is 0 Å². The number of rotatable bonds is 7. The third-order valence-electron chi connectivity index (χ3n) is 3.90. The molecule has 21 heavy (non-hydrogen) atoms. The smallest absolute Gasteiger partial charge is 0.326 e. The number of carbonyl (C=O) groups is 2. The number of nitrogens with zero attached hydrogens (tertiary/aromatic N) is 2. The highest BCUT2D eigenvalue weighted by molar-refractivity contribution is 5.82. The second kappa shape index (κ2) is 8.84. The van der Waals surface area contributed by atoms with Gasteiger partial charge in [-0.1, -0.05) is 6.92 Å². The minimum Gasteiger partial charge on any atom is -0.480 e. The van der Waals surface area contributed by atoms with Gasteiger partial charge < -0.3 is 20.1 Å². The van der Waals surface area contributed by atoms with Gasteiger partial charge in [0.15, 0.2) is 0 Å². The number of carboxylic acids is 1. The summed E-state index contributed by atoms with van der Waals surface area (Å²) in [6.07, 6.45) is 0.979. The Hall–Kier alpha value is -1.34. The number of nitrogens with one attached hydrogen (secondary N) is 1. The third kappa shape index (κ3) is 5.51. The van der Waals surface area contributed by atoms with Crippen LogP contribution in [0.2, 0.25) is 0 Å². The van der Waals surface area contributed by atoms with Crippen LogP contribution in [0.1, 0.15) is 26.7 Å². The first-order chi connectivity index (χ1) is 9.99. The van der Waals surface area contributed by atoms with Crippen molar-refractivity contribution >= 4 is 12.0 Å². The average molecular weight is 301 g/mol. The van der Waals surface area contributed by atoms with Crippen molar-refractivity contribution in [1.82, 2.24) is 15.1 Å². The highest BCUT2D eigenvalue weighted by Gasteiger charge is 2.28. The van der Waals surface area contributed by atoms with Crippen molar-refractivity contribution < 1.29 is 19.4 Å². The Kier molecular flexibility index (Phi) is 7.45. The van der Waals surface area contributed by atoms with Gasteiger partial charge in [-0.3, -0.25) is 4.90 Å². The molecule has 1 aliphatic rings. The summed E-state index contributed by atoms with van der Waals surface area (Å²) in [4.78, 5) is 27.4. The first kappa shape index (κ1) is 17.7. The van der Waals surface area contributed by atoms with Crippen molar-refractivity contribution in [1.29, 1.82) is 0 Å². The maximum absolute atomic E-state index is 12.2. The molecule has 0 bridgehead atoms. The molecule has 1 saturated heterocycles. The maximum Gasteiger partial charge on any atom is 0.326 e. The molecule has 0 aromatic rings. The van der Waals surface area contributed by atoms with Crippen LogP contribution in [0.3, 0.4) is 0 Å². The van der Waals surface area contributed by atoms with Crippen LogP contribution in [0.25, 0.3) is 0 Å². The van der Waals surface area contributed by atoms with Crippen molar-refractivity contribution in [3.63, 3.8) is 0 Å². The van der Waals surface area contributed by atoms with Crippen LogP contribution < -0.4 is 5.32 Å². The van der Waals surface area contributed by atoms with Crippen LogP contribution in [0.4, 0.5) is 4.79 Å². The topological polar surface area (TPSA) is 82.1 Å². The number of ether oxygens (including phenoxy) is 1. The number of piperazine rings is 1. The average Bonchev–Trinajstić information content (AvgIpc) is 2.45. The molecule has 7 nitrogen and oxygen atoms in total. The molecule has 1 aliphatic heterocycles. The molecule has 2 unspecified atom stereocenters. The van der Waals surface area contributed by atoms with Gasteiger partial charge in [-0.25, -0.2) is 9.59 Å². The Morgan fingerprint density at radius 2 is 2.14 bits per heavy atom. The fraction of sp³-hybridized carbons (Fsp3) is 0.857. The lowest BCUT2D eigenvalue weighted by molar-refractivity contribution is -0.139. The molecule has 1 heterocycles. The highest BCUT2D eigenvalue weighted by atomic mass is 16.5. The summed E-state index contributed by atoms with van der Waals surface area (Å²) in [6.45, 7) is 7.72. The standard InChI is InChI=1S/C14H27N3O4/c1-4-16-7-8-17(10-11(16)2)14(20)15-12(13(18)19)6-5-9-21-3/h11-12H,4-10H2,1-3H3,(H,15,20)(H,18,19). The Labute approximate surface area is 126 Å². The number of carboxylic acid groups (broad SMARTS) is 1. The Balaban J connectivity index is 2.48. The van der Waals surface area contributed by atoms with E-state index in [4.69, 9.17) is 9.84 Å². The van der Waals surface area contributed by atoms with E-state index in [0.717, 1.165) is 13.1 Å². The van der Waals surface area contributed by atoms with E-state index in [1.807, 2.05) is 0 Å². The number of urea groups is 1. The molecule has 0 saturated carbocycles. The minimum atomic E-state index is -1.00. The molecule has 0 aromatic carbocycles. The summed E-state index contributed by atoms with van der Waals surface area (Å²) < 4.78 is 4.91. The molecule has 7 heteroatoms. The van der Waals surface area contributed by atoms with E-state index in [0.29, 0.717) is 38.6 Å². The number of hydrogen-bond donors (Lipinski definition) is 2. The molecule has 0 aliphatic carbocycles. The fourth-order valence-electron chi connectivity index (χ4n) is 2.58. The summed E-state index contributed by atoms with van der Waals surface area (Å²) in [5, 5.41) is 11.8. The zero-order valence-electron chi connectivity index (χ0n) is 13.2. The van der Waals surface area contributed by atoms with Crippen molar-refractivity contribution in [3.8, 4) is 0 Å². The van der Waals surface area contributed by atoms with E-state index in [9.17, 15) is 9.59 Å². The van der Waals surface area contributed by atoms with Crippen LogP contribution in [0, 0.1) is 0 Å². The van der Waals surface area contributed by atoms with E-state index in [2.05, 4.69) is 24.1 Å². The lowest BCUT2D eigenvalue weighted by Gasteiger charge is -2.39. The van der Waals surface area contributed by atoms with Gasteiger partial charge in [0.1, 0.15) is 6.04 Å². The van der Waals surface area contributed by atoms with Crippen LogP contribution >= 0.6 is 0 Å². The predicted octanol–water partition coefficient (Wildman–Crippen LogP) is 0.602. The van der Waals surface area contributed by atoms with Gasteiger partial charge in [-0.05, 0) is 26.3 Å². The fourth-order valence-corrected chi connectivity index (χ4v) is 2.58. The summed E-state index contributed by atoms with van der Waals surface area (Å²) in [6, 6.07) is -0.846. The largest absolute Gasteiger partial charge is 0.480 e. The van der Waals surface area contributed by atoms with Crippen molar-refractivity contribution in [2.24, 2.45) is 0 Å². The molecule has 0 radical (unpaired) electrons. The zero-order chi connectivity index (χ0) is 15.8. The zero-order valence-corrected chi connectivity index (χ0v) is 13.2. The molecule has 122 valence electrons. The molecule has 0 aromatic heterocycles. The summed E-state index contributed by atoms with van der Waals surface area (Å²) in [7, 11) is 1.57. The number of hydrogen-bond acceptors (Lipinski definition) is 4. The molecular formula is C14H27N3O4. The van der Waals surface area contributed by atoms with E-state index in [1.54, 1.807) is 12.0 Å². The first-order valence-electron chi connectivity index (χ1n) is 7.50.